The molecule has 2 rings (SSSR count). The number of hydrogen-bond acceptors (Lipinski definition) is 5. The van der Waals surface area contributed by atoms with E-state index in [0.29, 0.717) is 6.07 Å². The number of aliphatic hydroxyl groups is 2. The Bertz CT molecular complexity index is 866. The first-order valence-corrected chi connectivity index (χ1v) is 8.64. The van der Waals surface area contributed by atoms with E-state index in [9.17, 15) is 28.2 Å². The molecule has 0 spiro atoms. The van der Waals surface area contributed by atoms with E-state index in [2.05, 4.69) is 5.32 Å². The van der Waals surface area contributed by atoms with E-state index in [1.807, 2.05) is 6.07 Å². The molecule has 0 aliphatic heterocycles. The van der Waals surface area contributed by atoms with Crippen molar-refractivity contribution in [1.29, 1.82) is 5.26 Å². The average molecular weight is 408 g/mol. The number of aliphatic hydroxyl groups excluding tert-OH is 2. The average Bonchev–Trinajstić information content (AvgIpc) is 2.71. The van der Waals surface area contributed by atoms with Gasteiger partial charge in [0.25, 0.3) is 0 Å². The Morgan fingerprint density at radius 1 is 1.17 bits per heavy atom. The number of ether oxygens (including phenoxy) is 1. The molecule has 0 saturated carbocycles. The zero-order valence-corrected chi connectivity index (χ0v) is 15.2. The van der Waals surface area contributed by atoms with Crippen molar-refractivity contribution in [3.05, 3.63) is 70.8 Å². The van der Waals surface area contributed by atoms with Gasteiger partial charge < -0.3 is 20.3 Å². The van der Waals surface area contributed by atoms with Gasteiger partial charge in [-0.25, -0.2) is 4.79 Å². The third-order valence-electron chi connectivity index (χ3n) is 4.11. The van der Waals surface area contributed by atoms with Gasteiger partial charge >= 0.3 is 12.3 Å². The van der Waals surface area contributed by atoms with Crippen LogP contribution in [0.4, 0.5) is 18.0 Å². The topological polar surface area (TPSA) is 103 Å². The van der Waals surface area contributed by atoms with Gasteiger partial charge in [-0.3, -0.25) is 0 Å². The number of carbonyl (C=O) groups is 1. The third kappa shape index (κ3) is 6.48. The molecule has 154 valence electrons. The summed E-state index contributed by atoms with van der Waals surface area (Å²) < 4.78 is 43.2. The normalized spacial score (nSPS) is 13.2. The summed E-state index contributed by atoms with van der Waals surface area (Å²) in [6, 6.07) is 12.9. The molecule has 3 N–H and O–H groups in total. The number of nitriles is 1. The molecule has 0 aliphatic carbocycles. The molecule has 9 heteroatoms. The second-order valence-corrected chi connectivity index (χ2v) is 6.20. The Kier molecular flexibility index (Phi) is 7.59. The monoisotopic (exact) mass is 408 g/mol. The molecule has 6 nitrogen and oxygen atoms in total. The molecular formula is C20H19F3N2O4. The van der Waals surface area contributed by atoms with Gasteiger partial charge in [-0.2, -0.15) is 18.4 Å². The van der Waals surface area contributed by atoms with Crippen LogP contribution in [0.3, 0.4) is 0 Å². The van der Waals surface area contributed by atoms with Gasteiger partial charge in [0, 0.05) is 12.1 Å². The van der Waals surface area contributed by atoms with Crippen LogP contribution in [0.5, 0.6) is 0 Å². The van der Waals surface area contributed by atoms with Gasteiger partial charge in [0.2, 0.25) is 0 Å². The standard InChI is InChI=1S/C20H19F3N2O4/c21-20(22,23)15-6-7-16(14(10-15)11-24)18(27)17(26)8-9-25-19(28)29-12-13-4-2-1-3-5-13/h1-7,10,17-18,26-27H,8-9,12H2,(H,25,28). The fourth-order valence-electron chi connectivity index (χ4n) is 2.55. The van der Waals surface area contributed by atoms with Crippen molar-refractivity contribution in [3.8, 4) is 6.07 Å². The molecule has 0 aliphatic rings. The number of halogens is 3. The van der Waals surface area contributed by atoms with Crippen molar-refractivity contribution >= 4 is 6.09 Å². The van der Waals surface area contributed by atoms with Gasteiger partial charge in [-0.1, -0.05) is 36.4 Å². The van der Waals surface area contributed by atoms with Gasteiger partial charge in [0.15, 0.2) is 0 Å². The van der Waals surface area contributed by atoms with Crippen LogP contribution in [-0.4, -0.2) is 29.0 Å². The number of alkyl carbamates (subject to hydrolysis) is 1. The van der Waals surface area contributed by atoms with Crippen molar-refractivity contribution in [3.63, 3.8) is 0 Å². The molecule has 2 aromatic rings. The maximum atomic E-state index is 12.7. The summed E-state index contributed by atoms with van der Waals surface area (Å²) in [6.07, 6.45) is -8.45. The molecule has 2 atom stereocenters. The zero-order valence-electron chi connectivity index (χ0n) is 15.2. The van der Waals surface area contributed by atoms with E-state index in [1.165, 1.54) is 0 Å². The highest BCUT2D eigenvalue weighted by Crippen LogP contribution is 2.32. The van der Waals surface area contributed by atoms with Crippen LogP contribution in [0.1, 0.15) is 34.8 Å². The van der Waals surface area contributed by atoms with Crippen LogP contribution < -0.4 is 5.32 Å². The fraction of sp³-hybridized carbons (Fsp3) is 0.300. The maximum absolute atomic E-state index is 12.7. The second kappa shape index (κ2) is 9.91. The fourth-order valence-corrected chi connectivity index (χ4v) is 2.55. The second-order valence-electron chi connectivity index (χ2n) is 6.20. The summed E-state index contributed by atoms with van der Waals surface area (Å²) in [4.78, 5) is 11.6. The molecule has 2 aromatic carbocycles. The summed E-state index contributed by atoms with van der Waals surface area (Å²) >= 11 is 0. The van der Waals surface area contributed by atoms with E-state index in [1.54, 1.807) is 30.3 Å². The minimum absolute atomic E-state index is 0.0473. The first-order valence-electron chi connectivity index (χ1n) is 8.64. The van der Waals surface area contributed by atoms with Crippen LogP contribution in [0.25, 0.3) is 0 Å². The molecule has 29 heavy (non-hydrogen) atoms. The lowest BCUT2D eigenvalue weighted by atomic mass is 9.95. The molecule has 0 radical (unpaired) electrons. The molecule has 0 aromatic heterocycles. The summed E-state index contributed by atoms with van der Waals surface area (Å²) in [5.74, 6) is 0. The van der Waals surface area contributed by atoms with Gasteiger partial charge in [0.05, 0.1) is 23.3 Å². The molecule has 0 bridgehead atoms. The smallest absolute Gasteiger partial charge is 0.416 e. The highest BCUT2D eigenvalue weighted by atomic mass is 19.4. The Hall–Kier alpha value is -3.09. The number of nitrogens with zero attached hydrogens (tertiary/aromatic N) is 1. The first kappa shape index (κ1) is 22.2. The van der Waals surface area contributed by atoms with Gasteiger partial charge in [0.1, 0.15) is 12.7 Å². The number of benzene rings is 2. The summed E-state index contributed by atoms with van der Waals surface area (Å²) in [5, 5.41) is 31.7. The van der Waals surface area contributed by atoms with Crippen molar-refractivity contribution in [2.24, 2.45) is 0 Å². The SMILES string of the molecule is N#Cc1cc(C(F)(F)F)ccc1C(O)C(O)CCNC(=O)OCc1ccccc1. The molecule has 1 amide bonds. The highest BCUT2D eigenvalue weighted by molar-refractivity contribution is 5.67. The molecule has 2 unspecified atom stereocenters. The molecule has 0 saturated heterocycles. The zero-order chi connectivity index (χ0) is 21.4. The summed E-state index contributed by atoms with van der Waals surface area (Å²) in [7, 11) is 0. The van der Waals surface area contributed by atoms with Crippen LogP contribution in [0.2, 0.25) is 0 Å². The van der Waals surface area contributed by atoms with E-state index >= 15 is 0 Å². The lowest BCUT2D eigenvalue weighted by Gasteiger charge is -2.20. The number of nitrogens with one attached hydrogen (secondary N) is 1. The van der Waals surface area contributed by atoms with Crippen LogP contribution in [-0.2, 0) is 17.5 Å². The summed E-state index contributed by atoms with van der Waals surface area (Å²) in [6.45, 7) is 0.0172. The van der Waals surface area contributed by atoms with E-state index in [-0.39, 0.29) is 30.7 Å². The number of alkyl halides is 3. The van der Waals surface area contributed by atoms with Gasteiger partial charge in [-0.05, 0) is 24.1 Å². The number of hydrogen-bond donors (Lipinski definition) is 3. The Labute approximate surface area is 165 Å². The lowest BCUT2D eigenvalue weighted by molar-refractivity contribution is -0.137. The van der Waals surface area contributed by atoms with Crippen LogP contribution >= 0.6 is 0 Å². The predicted octanol–water partition coefficient (Wildman–Crippen LogP) is 3.29. The lowest BCUT2D eigenvalue weighted by Crippen LogP contribution is -2.30. The van der Waals surface area contributed by atoms with Crippen molar-refractivity contribution in [1.82, 2.24) is 5.32 Å². The van der Waals surface area contributed by atoms with E-state index in [4.69, 9.17) is 10.00 Å². The minimum Gasteiger partial charge on any atom is -0.445 e. The Morgan fingerprint density at radius 3 is 2.48 bits per heavy atom. The molecular weight excluding hydrogens is 389 g/mol. The Morgan fingerprint density at radius 2 is 1.86 bits per heavy atom. The third-order valence-corrected chi connectivity index (χ3v) is 4.11. The van der Waals surface area contributed by atoms with Crippen molar-refractivity contribution in [2.75, 3.05) is 6.54 Å². The number of amides is 1. The highest BCUT2D eigenvalue weighted by Gasteiger charge is 2.32. The van der Waals surface area contributed by atoms with Crippen molar-refractivity contribution < 1.29 is 32.9 Å². The predicted molar refractivity (Wildman–Crippen MR) is 96.4 cm³/mol. The Balaban J connectivity index is 1.86. The van der Waals surface area contributed by atoms with Crippen LogP contribution in [0.15, 0.2) is 48.5 Å². The van der Waals surface area contributed by atoms with Crippen molar-refractivity contribution in [2.45, 2.75) is 31.4 Å². The molecule has 0 fully saturated rings. The largest absolute Gasteiger partial charge is 0.445 e. The number of carbonyl (C=O) groups excluding carboxylic acids is 1. The van der Waals surface area contributed by atoms with E-state index < -0.39 is 30.0 Å². The maximum Gasteiger partial charge on any atom is 0.416 e. The quantitative estimate of drug-likeness (QED) is 0.653. The minimum atomic E-state index is -4.63. The number of rotatable bonds is 7. The first-order chi connectivity index (χ1) is 13.7. The van der Waals surface area contributed by atoms with Crippen LogP contribution in [0, 0.1) is 11.3 Å². The molecule has 0 heterocycles. The van der Waals surface area contributed by atoms with E-state index in [0.717, 1.165) is 17.7 Å². The summed E-state index contributed by atoms with van der Waals surface area (Å²) in [5.41, 5.74) is -0.743. The van der Waals surface area contributed by atoms with Gasteiger partial charge in [-0.15, -0.1) is 0 Å².